The molecule has 0 unspecified atom stereocenters. The third kappa shape index (κ3) is 4.33. The Kier molecular flexibility index (Phi) is 6.17. The van der Waals surface area contributed by atoms with Crippen LogP contribution >= 0.6 is 11.3 Å². The van der Waals surface area contributed by atoms with Crippen molar-refractivity contribution in [3.05, 3.63) is 53.7 Å². The molecule has 1 N–H and O–H groups in total. The van der Waals surface area contributed by atoms with Gasteiger partial charge >= 0.3 is 11.9 Å². The Hall–Kier alpha value is -3.32. The molecule has 3 aromatic rings. The standard InChI is InChI=1S/C21H18N2O8S2/c1-29-20(24)14-10-31-11-23(18(14)21(25)30-2)16-8-7-12(33(26,27)28)9-13(16)19-22-15-5-3-4-6-17(15)32-19/h3-9H,10-11H2,1-2H3,(H,26,27,28). The first-order valence-electron chi connectivity index (χ1n) is 9.47. The Morgan fingerprint density at radius 1 is 1.12 bits per heavy atom. The number of ether oxygens (including phenoxy) is 3. The molecule has 10 nitrogen and oxygen atoms in total. The number of hydrogen-bond donors (Lipinski definition) is 1. The number of anilines is 1. The van der Waals surface area contributed by atoms with Crippen molar-refractivity contribution in [2.45, 2.75) is 4.90 Å². The van der Waals surface area contributed by atoms with Crippen LogP contribution in [-0.2, 0) is 33.9 Å². The van der Waals surface area contributed by atoms with Crippen LogP contribution in [0.5, 0.6) is 0 Å². The number of rotatable bonds is 5. The predicted molar refractivity (Wildman–Crippen MR) is 119 cm³/mol. The molecule has 1 aromatic heterocycles. The molecule has 1 aliphatic heterocycles. The summed E-state index contributed by atoms with van der Waals surface area (Å²) < 4.78 is 49.3. The van der Waals surface area contributed by atoms with Crippen LogP contribution in [0.4, 0.5) is 5.69 Å². The van der Waals surface area contributed by atoms with Gasteiger partial charge in [0.05, 0.1) is 47.2 Å². The molecular formula is C21H18N2O8S2. The normalized spacial score (nSPS) is 14.5. The number of esters is 2. The van der Waals surface area contributed by atoms with Crippen molar-refractivity contribution in [1.29, 1.82) is 0 Å². The second-order valence-electron chi connectivity index (χ2n) is 6.86. The summed E-state index contributed by atoms with van der Waals surface area (Å²) in [7, 11) is -2.17. The van der Waals surface area contributed by atoms with Crippen LogP contribution in [0.1, 0.15) is 0 Å². The molecule has 172 valence electrons. The van der Waals surface area contributed by atoms with Crippen molar-refractivity contribution in [2.24, 2.45) is 0 Å². The number of aromatic nitrogens is 1. The van der Waals surface area contributed by atoms with Gasteiger partial charge in [-0.1, -0.05) is 12.1 Å². The number of fused-ring (bicyclic) bond motifs is 1. The Balaban J connectivity index is 1.98. The smallest absolute Gasteiger partial charge is 0.355 e. The molecule has 0 aliphatic carbocycles. The number of para-hydroxylation sites is 1. The number of nitrogens with zero attached hydrogens (tertiary/aromatic N) is 2. The van der Waals surface area contributed by atoms with E-state index in [1.807, 2.05) is 18.2 Å². The van der Waals surface area contributed by atoms with Crippen LogP contribution in [0.3, 0.4) is 0 Å². The average Bonchev–Trinajstić information content (AvgIpc) is 3.25. The molecule has 1 aliphatic rings. The highest BCUT2D eigenvalue weighted by Gasteiger charge is 2.34. The molecule has 0 spiro atoms. The second-order valence-corrected chi connectivity index (χ2v) is 9.31. The fraction of sp³-hybridized carbons (Fsp3) is 0.190. The first-order chi connectivity index (χ1) is 15.7. The quantitative estimate of drug-likeness (QED) is 0.420. The number of methoxy groups -OCH3 is 2. The van der Waals surface area contributed by atoms with Gasteiger partial charge in [0.2, 0.25) is 0 Å². The largest absolute Gasteiger partial charge is 0.466 e. The summed E-state index contributed by atoms with van der Waals surface area (Å²) in [4.78, 5) is 30.6. The number of hydrogen-bond acceptors (Lipinski definition) is 10. The van der Waals surface area contributed by atoms with Crippen LogP contribution in [0, 0.1) is 0 Å². The number of benzene rings is 2. The lowest BCUT2D eigenvalue weighted by molar-refractivity contribution is -0.140. The third-order valence-corrected chi connectivity index (χ3v) is 6.83. The number of thiazole rings is 1. The first-order valence-corrected chi connectivity index (χ1v) is 11.7. The predicted octanol–water partition coefficient (Wildman–Crippen LogP) is 2.60. The molecule has 0 amide bonds. The molecule has 0 saturated carbocycles. The minimum absolute atomic E-state index is 0.0512. The van der Waals surface area contributed by atoms with E-state index in [1.54, 1.807) is 6.07 Å². The summed E-state index contributed by atoms with van der Waals surface area (Å²) >= 11 is 1.30. The van der Waals surface area contributed by atoms with Gasteiger partial charge < -0.3 is 19.1 Å². The monoisotopic (exact) mass is 490 g/mol. The number of carbonyl (C=O) groups is 2. The minimum atomic E-state index is -4.52. The third-order valence-electron chi connectivity index (χ3n) is 4.91. The van der Waals surface area contributed by atoms with Crippen molar-refractivity contribution in [1.82, 2.24) is 4.98 Å². The average molecular weight is 491 g/mol. The van der Waals surface area contributed by atoms with Gasteiger partial charge in [0, 0.05) is 5.56 Å². The molecule has 2 aromatic carbocycles. The van der Waals surface area contributed by atoms with Gasteiger partial charge in [-0.25, -0.2) is 14.6 Å². The lowest BCUT2D eigenvalue weighted by Crippen LogP contribution is -2.39. The highest BCUT2D eigenvalue weighted by molar-refractivity contribution is 7.85. The van der Waals surface area contributed by atoms with E-state index in [9.17, 15) is 22.6 Å². The van der Waals surface area contributed by atoms with Crippen molar-refractivity contribution >= 4 is 49.3 Å². The van der Waals surface area contributed by atoms with Gasteiger partial charge in [-0.2, -0.15) is 8.42 Å². The lowest BCUT2D eigenvalue weighted by atomic mass is 10.1. The summed E-state index contributed by atoms with van der Waals surface area (Å²) in [6, 6.07) is 11.2. The maximum absolute atomic E-state index is 12.7. The van der Waals surface area contributed by atoms with Crippen molar-refractivity contribution in [3.63, 3.8) is 0 Å². The lowest BCUT2D eigenvalue weighted by Gasteiger charge is -2.32. The Bertz CT molecular complexity index is 1360. The zero-order valence-corrected chi connectivity index (χ0v) is 19.1. The molecule has 0 saturated heterocycles. The second kappa shape index (κ2) is 8.90. The van der Waals surface area contributed by atoms with Crippen molar-refractivity contribution in [2.75, 3.05) is 32.5 Å². The molecule has 0 fully saturated rings. The molecule has 0 bridgehead atoms. The summed E-state index contributed by atoms with van der Waals surface area (Å²) in [5.74, 6) is -1.57. The Labute approximate surface area is 192 Å². The van der Waals surface area contributed by atoms with Gasteiger partial charge in [0.1, 0.15) is 17.4 Å². The maximum atomic E-state index is 12.7. The summed E-state index contributed by atoms with van der Waals surface area (Å²) in [6.07, 6.45) is 0. The van der Waals surface area contributed by atoms with Crippen LogP contribution in [0.15, 0.2) is 58.6 Å². The minimum Gasteiger partial charge on any atom is -0.466 e. The van der Waals surface area contributed by atoms with Gasteiger partial charge in [-0.3, -0.25) is 4.55 Å². The van der Waals surface area contributed by atoms with E-state index in [2.05, 4.69) is 4.98 Å². The van der Waals surface area contributed by atoms with Gasteiger partial charge in [-0.05, 0) is 30.3 Å². The van der Waals surface area contributed by atoms with E-state index in [-0.39, 0.29) is 29.5 Å². The molecule has 0 atom stereocenters. The van der Waals surface area contributed by atoms with Crippen LogP contribution in [0.25, 0.3) is 20.8 Å². The molecule has 12 heteroatoms. The van der Waals surface area contributed by atoms with E-state index >= 15 is 0 Å². The van der Waals surface area contributed by atoms with E-state index < -0.39 is 22.1 Å². The highest BCUT2D eigenvalue weighted by Crippen LogP contribution is 2.40. The summed E-state index contributed by atoms with van der Waals surface area (Å²) in [6.45, 7) is -0.304. The van der Waals surface area contributed by atoms with Crippen LogP contribution in [-0.4, -0.2) is 57.5 Å². The highest BCUT2D eigenvalue weighted by atomic mass is 32.2. The fourth-order valence-corrected chi connectivity index (χ4v) is 4.90. The van der Waals surface area contributed by atoms with Gasteiger partial charge in [0.25, 0.3) is 10.1 Å². The Morgan fingerprint density at radius 2 is 1.85 bits per heavy atom. The molecule has 33 heavy (non-hydrogen) atoms. The molecule has 4 rings (SSSR count). The van der Waals surface area contributed by atoms with Gasteiger partial charge in [-0.15, -0.1) is 11.3 Å². The van der Waals surface area contributed by atoms with E-state index in [1.165, 1.54) is 48.7 Å². The first kappa shape index (κ1) is 22.9. The van der Waals surface area contributed by atoms with E-state index in [0.717, 1.165) is 4.70 Å². The van der Waals surface area contributed by atoms with E-state index in [4.69, 9.17) is 14.2 Å². The SMILES string of the molecule is COC(=O)C1=C(C(=O)OC)N(c2ccc(S(=O)(=O)O)cc2-c2nc3ccccc3s2)COC1. The zero-order valence-electron chi connectivity index (χ0n) is 17.5. The Morgan fingerprint density at radius 3 is 2.52 bits per heavy atom. The van der Waals surface area contributed by atoms with Crippen molar-refractivity contribution < 1.29 is 36.8 Å². The van der Waals surface area contributed by atoms with E-state index in [0.29, 0.717) is 21.8 Å². The zero-order chi connectivity index (χ0) is 23.8. The van der Waals surface area contributed by atoms with Crippen molar-refractivity contribution in [3.8, 4) is 10.6 Å². The maximum Gasteiger partial charge on any atom is 0.355 e. The fourth-order valence-electron chi connectivity index (χ4n) is 3.40. The molecular weight excluding hydrogens is 472 g/mol. The number of carbonyl (C=O) groups excluding carboxylic acids is 2. The van der Waals surface area contributed by atoms with Crippen LogP contribution in [0.2, 0.25) is 0 Å². The van der Waals surface area contributed by atoms with Gasteiger partial charge in [0.15, 0.2) is 0 Å². The molecule has 2 heterocycles. The molecule has 0 radical (unpaired) electrons. The summed E-state index contributed by atoms with van der Waals surface area (Å²) in [5, 5.41) is 0.436. The van der Waals surface area contributed by atoms with Crippen LogP contribution < -0.4 is 4.90 Å². The summed E-state index contributed by atoms with van der Waals surface area (Å²) in [5.41, 5.74) is 1.17. The topological polar surface area (TPSA) is 132 Å².